The minimum absolute atomic E-state index is 0.0415. The average Bonchev–Trinajstić information content (AvgIpc) is 3.17. The Morgan fingerprint density at radius 1 is 1.11 bits per heavy atom. The summed E-state index contributed by atoms with van der Waals surface area (Å²) >= 11 is 0. The molecule has 1 aliphatic heterocycles. The summed E-state index contributed by atoms with van der Waals surface area (Å²) < 4.78 is 43.6. The van der Waals surface area contributed by atoms with Gasteiger partial charge in [-0.3, -0.25) is 4.79 Å². The minimum atomic E-state index is -2.96. The van der Waals surface area contributed by atoms with Crippen molar-refractivity contribution in [1.29, 1.82) is 0 Å². The maximum atomic E-state index is 14.3. The molecule has 2 aromatic carbocycles. The number of para-hydroxylation sites is 2. The second-order valence-electron chi connectivity index (χ2n) is 6.07. The summed E-state index contributed by atoms with van der Waals surface area (Å²) in [5.74, 6) is -1.13. The first-order valence-electron chi connectivity index (χ1n) is 8.61. The second kappa shape index (κ2) is 8.62. The molecule has 1 saturated heterocycles. The normalized spacial score (nSPS) is 14.1. The smallest absolute Gasteiger partial charge is 0.387 e. The molecule has 1 fully saturated rings. The Hall–Kier alpha value is -2.96. The second-order valence-corrected chi connectivity index (χ2v) is 6.07. The molecule has 1 amide bonds. The quantitative estimate of drug-likeness (QED) is 0.745. The van der Waals surface area contributed by atoms with E-state index < -0.39 is 18.3 Å². The standard InChI is InChI=1S/C20H19F3N2O2/c21-15-7-5-8-16(25-12-3-4-13-25)19(15)24-18(26)11-10-14-6-1-2-9-17(14)27-20(22)23/h1-2,5-11,20H,3-4,12-13H2,(H,24,26)/b11-10+. The highest BCUT2D eigenvalue weighted by Gasteiger charge is 2.19. The van der Waals surface area contributed by atoms with Crippen LogP contribution in [0.4, 0.5) is 24.5 Å². The Kier molecular flexibility index (Phi) is 6.01. The fourth-order valence-electron chi connectivity index (χ4n) is 3.01. The highest BCUT2D eigenvalue weighted by Crippen LogP contribution is 2.31. The van der Waals surface area contributed by atoms with Crippen LogP contribution >= 0.6 is 0 Å². The van der Waals surface area contributed by atoms with Gasteiger partial charge in [0.25, 0.3) is 0 Å². The summed E-state index contributed by atoms with van der Waals surface area (Å²) in [4.78, 5) is 14.3. The van der Waals surface area contributed by atoms with Crippen LogP contribution in [0.5, 0.6) is 5.75 Å². The lowest BCUT2D eigenvalue weighted by Gasteiger charge is -2.21. The zero-order valence-corrected chi connectivity index (χ0v) is 14.5. The molecular weight excluding hydrogens is 357 g/mol. The van der Waals surface area contributed by atoms with Crippen molar-refractivity contribution < 1.29 is 22.7 Å². The van der Waals surface area contributed by atoms with Crippen LogP contribution in [0, 0.1) is 5.82 Å². The molecule has 0 radical (unpaired) electrons. The third-order valence-electron chi connectivity index (χ3n) is 4.24. The van der Waals surface area contributed by atoms with Crippen molar-refractivity contribution in [3.63, 3.8) is 0 Å². The molecule has 4 nitrogen and oxygen atoms in total. The highest BCUT2D eigenvalue weighted by atomic mass is 19.3. The van der Waals surface area contributed by atoms with Gasteiger partial charge < -0.3 is 15.0 Å². The van der Waals surface area contributed by atoms with Gasteiger partial charge in [0.05, 0.1) is 5.69 Å². The Morgan fingerprint density at radius 2 is 1.85 bits per heavy atom. The Morgan fingerprint density at radius 3 is 2.59 bits per heavy atom. The molecule has 1 aliphatic rings. The molecule has 1 N–H and O–H groups in total. The number of rotatable bonds is 6. The van der Waals surface area contributed by atoms with E-state index in [1.165, 1.54) is 18.2 Å². The maximum Gasteiger partial charge on any atom is 0.387 e. The van der Waals surface area contributed by atoms with Crippen LogP contribution < -0.4 is 15.0 Å². The van der Waals surface area contributed by atoms with Crippen LogP contribution in [0.15, 0.2) is 48.5 Å². The lowest BCUT2D eigenvalue weighted by molar-refractivity contribution is -0.111. The predicted molar refractivity (Wildman–Crippen MR) is 98.6 cm³/mol. The van der Waals surface area contributed by atoms with Crippen molar-refractivity contribution in [3.05, 3.63) is 59.9 Å². The third-order valence-corrected chi connectivity index (χ3v) is 4.24. The molecule has 0 aromatic heterocycles. The summed E-state index contributed by atoms with van der Waals surface area (Å²) in [5, 5.41) is 2.55. The maximum absolute atomic E-state index is 14.3. The van der Waals surface area contributed by atoms with Gasteiger partial charge in [0.15, 0.2) is 0 Å². The van der Waals surface area contributed by atoms with E-state index in [2.05, 4.69) is 10.1 Å². The molecule has 0 saturated carbocycles. The van der Waals surface area contributed by atoms with Gasteiger partial charge in [-0.2, -0.15) is 8.78 Å². The molecule has 0 bridgehead atoms. The highest BCUT2D eigenvalue weighted by molar-refractivity contribution is 6.04. The largest absolute Gasteiger partial charge is 0.434 e. The van der Waals surface area contributed by atoms with Crippen molar-refractivity contribution >= 4 is 23.4 Å². The number of carbonyl (C=O) groups excluding carboxylic acids is 1. The molecule has 0 aliphatic carbocycles. The first kappa shape index (κ1) is 18.8. The van der Waals surface area contributed by atoms with E-state index in [0.717, 1.165) is 32.0 Å². The molecule has 7 heteroatoms. The van der Waals surface area contributed by atoms with Gasteiger partial charge in [-0.25, -0.2) is 4.39 Å². The Bertz CT molecular complexity index is 834. The lowest BCUT2D eigenvalue weighted by atomic mass is 10.2. The number of halogens is 3. The van der Waals surface area contributed by atoms with Crippen molar-refractivity contribution in [2.75, 3.05) is 23.3 Å². The van der Waals surface area contributed by atoms with Crippen LogP contribution in [0.2, 0.25) is 0 Å². The van der Waals surface area contributed by atoms with Crippen LogP contribution in [-0.2, 0) is 4.79 Å². The van der Waals surface area contributed by atoms with Gasteiger partial charge in [0.1, 0.15) is 17.3 Å². The summed E-state index contributed by atoms with van der Waals surface area (Å²) in [6.07, 6.45) is 4.55. The summed E-state index contributed by atoms with van der Waals surface area (Å²) in [6, 6.07) is 10.8. The van der Waals surface area contributed by atoms with Gasteiger partial charge in [-0.15, -0.1) is 0 Å². The molecular formula is C20H19F3N2O2. The van der Waals surface area contributed by atoms with E-state index in [1.54, 1.807) is 30.3 Å². The van der Waals surface area contributed by atoms with E-state index in [0.29, 0.717) is 11.3 Å². The summed E-state index contributed by atoms with van der Waals surface area (Å²) in [5.41, 5.74) is 1.07. The van der Waals surface area contributed by atoms with Crippen molar-refractivity contribution in [2.45, 2.75) is 19.5 Å². The van der Waals surface area contributed by atoms with Crippen molar-refractivity contribution in [2.24, 2.45) is 0 Å². The van der Waals surface area contributed by atoms with Crippen molar-refractivity contribution in [3.8, 4) is 5.75 Å². The van der Waals surface area contributed by atoms with Crippen molar-refractivity contribution in [1.82, 2.24) is 0 Å². The molecule has 0 unspecified atom stereocenters. The number of ether oxygens (including phenoxy) is 1. The van der Waals surface area contributed by atoms with Crippen LogP contribution in [-0.4, -0.2) is 25.6 Å². The SMILES string of the molecule is O=C(/C=C/c1ccccc1OC(F)F)Nc1c(F)cccc1N1CCCC1. The zero-order valence-electron chi connectivity index (χ0n) is 14.5. The number of hydrogen-bond donors (Lipinski definition) is 1. The van der Waals surface area contributed by atoms with Crippen LogP contribution in [0.25, 0.3) is 6.08 Å². The van der Waals surface area contributed by atoms with Gasteiger partial charge in [0, 0.05) is 24.7 Å². The van der Waals surface area contributed by atoms with E-state index in [4.69, 9.17) is 0 Å². The first-order chi connectivity index (χ1) is 13.0. The van der Waals surface area contributed by atoms with Crippen LogP contribution in [0.3, 0.4) is 0 Å². The topological polar surface area (TPSA) is 41.6 Å². The van der Waals surface area contributed by atoms with Gasteiger partial charge in [0.2, 0.25) is 5.91 Å². The van der Waals surface area contributed by atoms with Gasteiger partial charge in [-0.05, 0) is 37.1 Å². The fourth-order valence-corrected chi connectivity index (χ4v) is 3.01. The minimum Gasteiger partial charge on any atom is -0.434 e. The van der Waals surface area contributed by atoms with E-state index in [9.17, 15) is 18.0 Å². The zero-order chi connectivity index (χ0) is 19.2. The molecule has 3 rings (SSSR count). The summed E-state index contributed by atoms with van der Waals surface area (Å²) in [6.45, 7) is -1.35. The summed E-state index contributed by atoms with van der Waals surface area (Å²) in [7, 11) is 0. The molecule has 0 atom stereocenters. The fraction of sp³-hybridized carbons (Fsp3) is 0.250. The Labute approximate surface area is 155 Å². The first-order valence-corrected chi connectivity index (χ1v) is 8.61. The number of alkyl halides is 2. The van der Waals surface area contributed by atoms with Crippen LogP contribution in [0.1, 0.15) is 18.4 Å². The lowest BCUT2D eigenvalue weighted by Crippen LogP contribution is -2.21. The monoisotopic (exact) mass is 376 g/mol. The Balaban J connectivity index is 1.76. The number of nitrogens with one attached hydrogen (secondary N) is 1. The molecule has 27 heavy (non-hydrogen) atoms. The van der Waals surface area contributed by atoms with Gasteiger partial charge >= 0.3 is 6.61 Å². The molecule has 1 heterocycles. The number of benzene rings is 2. The van der Waals surface area contributed by atoms with E-state index in [-0.39, 0.29) is 11.4 Å². The van der Waals surface area contributed by atoms with E-state index >= 15 is 0 Å². The average molecular weight is 376 g/mol. The number of carbonyl (C=O) groups is 1. The molecule has 0 spiro atoms. The number of amides is 1. The van der Waals surface area contributed by atoms with Gasteiger partial charge in [-0.1, -0.05) is 24.3 Å². The van der Waals surface area contributed by atoms with E-state index in [1.807, 2.05) is 4.90 Å². The molecule has 2 aromatic rings. The molecule has 142 valence electrons. The number of nitrogens with zero attached hydrogens (tertiary/aromatic N) is 1. The number of anilines is 2. The third kappa shape index (κ3) is 4.81. The predicted octanol–water partition coefficient (Wildman–Crippen LogP) is 4.68. The number of hydrogen-bond acceptors (Lipinski definition) is 3.